The van der Waals surface area contributed by atoms with Gasteiger partial charge in [-0.25, -0.2) is 0 Å². The molecule has 0 aliphatic rings. The molecule has 2 aromatic heterocycles. The van der Waals surface area contributed by atoms with Crippen LogP contribution < -0.4 is 0 Å². The van der Waals surface area contributed by atoms with Gasteiger partial charge in [0, 0.05) is 17.7 Å². The number of hydrogen-bond donors (Lipinski definition) is 0. The molecule has 0 aliphatic heterocycles. The van der Waals surface area contributed by atoms with E-state index in [2.05, 4.69) is 10.2 Å². The molecule has 0 spiro atoms. The van der Waals surface area contributed by atoms with Crippen LogP contribution in [0.3, 0.4) is 0 Å². The highest BCUT2D eigenvalue weighted by Gasteiger charge is 2.03. The molecule has 14 heavy (non-hydrogen) atoms. The van der Waals surface area contributed by atoms with E-state index in [9.17, 15) is 0 Å². The first-order valence-electron chi connectivity index (χ1n) is 3.97. The first-order valence-corrected chi connectivity index (χ1v) is 6.15. The second-order valence-electron chi connectivity index (χ2n) is 2.72. The van der Waals surface area contributed by atoms with E-state index in [-0.39, 0.29) is 0 Å². The molecule has 0 saturated heterocycles. The Morgan fingerprint density at radius 3 is 3.00 bits per heavy atom. The minimum Gasteiger partial charge on any atom is -0.312 e. The highest BCUT2D eigenvalue weighted by molar-refractivity contribution is 7.98. The number of aromatic nitrogens is 3. The maximum absolute atomic E-state index is 5.83. The van der Waals surface area contributed by atoms with Crippen molar-refractivity contribution in [3.05, 3.63) is 27.7 Å². The Balaban J connectivity index is 1.98. The van der Waals surface area contributed by atoms with Gasteiger partial charge in [-0.15, -0.1) is 21.5 Å². The maximum atomic E-state index is 5.83. The van der Waals surface area contributed by atoms with E-state index < -0.39 is 0 Å². The van der Waals surface area contributed by atoms with E-state index in [1.807, 2.05) is 23.7 Å². The average Bonchev–Trinajstić information content (AvgIpc) is 2.72. The van der Waals surface area contributed by atoms with Gasteiger partial charge in [-0.3, -0.25) is 0 Å². The zero-order chi connectivity index (χ0) is 9.97. The predicted molar refractivity (Wildman–Crippen MR) is 59.9 cm³/mol. The van der Waals surface area contributed by atoms with Gasteiger partial charge in [0.05, 0.1) is 4.34 Å². The van der Waals surface area contributed by atoms with Crippen LogP contribution in [0, 0.1) is 0 Å². The Morgan fingerprint density at radius 2 is 2.43 bits per heavy atom. The van der Waals surface area contributed by atoms with Crippen LogP contribution in [0.4, 0.5) is 0 Å². The van der Waals surface area contributed by atoms with E-state index in [1.54, 1.807) is 29.4 Å². The lowest BCUT2D eigenvalue weighted by Crippen LogP contribution is -1.88. The summed E-state index contributed by atoms with van der Waals surface area (Å²) in [6.45, 7) is 0. The van der Waals surface area contributed by atoms with E-state index in [4.69, 9.17) is 11.6 Å². The second-order valence-corrected chi connectivity index (χ2v) is 5.46. The van der Waals surface area contributed by atoms with Gasteiger partial charge < -0.3 is 4.57 Å². The molecule has 0 saturated carbocycles. The van der Waals surface area contributed by atoms with Gasteiger partial charge in [0.2, 0.25) is 0 Å². The Hall–Kier alpha value is -0.520. The van der Waals surface area contributed by atoms with Crippen LogP contribution in [0.25, 0.3) is 0 Å². The maximum Gasteiger partial charge on any atom is 0.191 e. The minimum atomic E-state index is 0.832. The van der Waals surface area contributed by atoms with Crippen LogP contribution in [0.2, 0.25) is 4.34 Å². The number of thioether (sulfide) groups is 1. The number of rotatable bonds is 3. The molecule has 0 radical (unpaired) electrons. The number of halogens is 1. The molecule has 0 bridgehead atoms. The Kier molecular flexibility index (Phi) is 3.10. The average molecular weight is 246 g/mol. The van der Waals surface area contributed by atoms with Crippen molar-refractivity contribution in [2.45, 2.75) is 10.9 Å². The summed E-state index contributed by atoms with van der Waals surface area (Å²) in [6, 6.07) is 3.95. The lowest BCUT2D eigenvalue weighted by molar-refractivity contribution is 0.788. The quantitative estimate of drug-likeness (QED) is 0.780. The molecule has 2 heterocycles. The molecule has 3 nitrogen and oxygen atoms in total. The third kappa shape index (κ3) is 2.29. The predicted octanol–water partition coefficient (Wildman–Crippen LogP) is 2.82. The molecule has 0 aliphatic carbocycles. The molecule has 0 N–H and O–H groups in total. The van der Waals surface area contributed by atoms with Gasteiger partial charge >= 0.3 is 0 Å². The van der Waals surface area contributed by atoms with Crippen LogP contribution in [-0.4, -0.2) is 14.8 Å². The molecule has 0 aromatic carbocycles. The van der Waals surface area contributed by atoms with E-state index >= 15 is 0 Å². The molecule has 6 heteroatoms. The molecular formula is C8H8ClN3S2. The summed E-state index contributed by atoms with van der Waals surface area (Å²) >= 11 is 9.09. The van der Waals surface area contributed by atoms with Gasteiger partial charge in [0.25, 0.3) is 0 Å². The second kappa shape index (κ2) is 4.33. The topological polar surface area (TPSA) is 30.7 Å². The SMILES string of the molecule is Cn1cnnc1SCc1ccc(Cl)s1. The number of nitrogens with zero attached hydrogens (tertiary/aromatic N) is 3. The van der Waals surface area contributed by atoms with Gasteiger partial charge in [0.1, 0.15) is 6.33 Å². The molecule has 74 valence electrons. The van der Waals surface area contributed by atoms with Crippen molar-refractivity contribution in [3.8, 4) is 0 Å². The monoisotopic (exact) mass is 245 g/mol. The van der Waals surface area contributed by atoms with Crippen molar-refractivity contribution in [1.29, 1.82) is 0 Å². The highest BCUT2D eigenvalue weighted by atomic mass is 35.5. The van der Waals surface area contributed by atoms with Crippen molar-refractivity contribution < 1.29 is 0 Å². The minimum absolute atomic E-state index is 0.832. The number of aryl methyl sites for hydroxylation is 1. The smallest absolute Gasteiger partial charge is 0.191 e. The van der Waals surface area contributed by atoms with E-state index in [0.717, 1.165) is 15.2 Å². The van der Waals surface area contributed by atoms with Crippen LogP contribution >= 0.6 is 34.7 Å². The van der Waals surface area contributed by atoms with Crippen molar-refractivity contribution >= 4 is 34.7 Å². The summed E-state index contributed by atoms with van der Waals surface area (Å²) in [7, 11) is 1.93. The molecule has 0 unspecified atom stereocenters. The van der Waals surface area contributed by atoms with Gasteiger partial charge in [-0.05, 0) is 12.1 Å². The van der Waals surface area contributed by atoms with Crippen molar-refractivity contribution in [2.24, 2.45) is 7.05 Å². The molecule has 2 rings (SSSR count). The normalized spacial score (nSPS) is 10.7. The van der Waals surface area contributed by atoms with E-state index in [1.165, 1.54) is 4.88 Å². The van der Waals surface area contributed by atoms with Crippen molar-refractivity contribution in [3.63, 3.8) is 0 Å². The summed E-state index contributed by atoms with van der Waals surface area (Å²) in [4.78, 5) is 1.25. The van der Waals surface area contributed by atoms with Crippen LogP contribution in [-0.2, 0) is 12.8 Å². The molecule has 0 fully saturated rings. The summed E-state index contributed by atoms with van der Waals surface area (Å²) in [5, 5.41) is 8.72. The van der Waals surface area contributed by atoms with Crippen LogP contribution in [0.15, 0.2) is 23.6 Å². The first-order chi connectivity index (χ1) is 6.75. The Morgan fingerprint density at radius 1 is 1.57 bits per heavy atom. The zero-order valence-electron chi connectivity index (χ0n) is 7.48. The largest absolute Gasteiger partial charge is 0.312 e. The molecule has 2 aromatic rings. The van der Waals surface area contributed by atoms with Gasteiger partial charge in [0.15, 0.2) is 5.16 Å². The first kappa shape index (κ1) is 10.0. The fraction of sp³-hybridized carbons (Fsp3) is 0.250. The lowest BCUT2D eigenvalue weighted by Gasteiger charge is -1.97. The number of hydrogen-bond acceptors (Lipinski definition) is 4. The summed E-state index contributed by atoms with van der Waals surface area (Å²) < 4.78 is 2.73. The molecular weight excluding hydrogens is 238 g/mol. The van der Waals surface area contributed by atoms with Crippen LogP contribution in [0.1, 0.15) is 4.88 Å². The van der Waals surface area contributed by atoms with Crippen molar-refractivity contribution in [1.82, 2.24) is 14.8 Å². The third-order valence-electron chi connectivity index (χ3n) is 1.64. The standard InChI is InChI=1S/C8H8ClN3S2/c1-12-5-10-11-8(12)13-4-6-2-3-7(9)14-6/h2-3,5H,4H2,1H3. The summed E-state index contributed by atoms with van der Waals surface area (Å²) in [5.74, 6) is 0.893. The zero-order valence-corrected chi connectivity index (χ0v) is 9.86. The van der Waals surface area contributed by atoms with Gasteiger partial charge in [-0.2, -0.15) is 0 Å². The van der Waals surface area contributed by atoms with E-state index in [0.29, 0.717) is 0 Å². The van der Waals surface area contributed by atoms with Crippen molar-refractivity contribution in [2.75, 3.05) is 0 Å². The molecule has 0 atom stereocenters. The highest BCUT2D eigenvalue weighted by Crippen LogP contribution is 2.27. The molecule has 0 amide bonds. The van der Waals surface area contributed by atoms with Crippen LogP contribution in [0.5, 0.6) is 0 Å². The fourth-order valence-electron chi connectivity index (χ4n) is 0.968. The Bertz CT molecular complexity index is 424. The fourth-order valence-corrected chi connectivity index (χ4v) is 2.99. The van der Waals surface area contributed by atoms with Gasteiger partial charge in [-0.1, -0.05) is 23.4 Å². The summed E-state index contributed by atoms with van der Waals surface area (Å²) in [5.41, 5.74) is 0. The Labute approximate surface area is 95.1 Å². The number of thiophene rings is 1. The summed E-state index contributed by atoms with van der Waals surface area (Å²) in [6.07, 6.45) is 1.70. The lowest BCUT2D eigenvalue weighted by atomic mass is 10.5. The third-order valence-corrected chi connectivity index (χ3v) is 4.14.